The number of hydrogen-bond acceptors (Lipinski definition) is 3. The molecule has 1 N–H and O–H groups in total. The molecule has 21 heavy (non-hydrogen) atoms. The maximum atomic E-state index is 13.8. The van der Waals surface area contributed by atoms with Crippen LogP contribution in [0.25, 0.3) is 11.4 Å². The van der Waals surface area contributed by atoms with E-state index in [1.807, 2.05) is 0 Å². The summed E-state index contributed by atoms with van der Waals surface area (Å²) >= 11 is 0. The van der Waals surface area contributed by atoms with Gasteiger partial charge in [-0.1, -0.05) is 0 Å². The minimum Gasteiger partial charge on any atom is -0.374 e. The summed E-state index contributed by atoms with van der Waals surface area (Å²) in [6, 6.07) is -0.446. The van der Waals surface area contributed by atoms with Crippen LogP contribution in [0.15, 0.2) is 12.4 Å². The van der Waals surface area contributed by atoms with E-state index >= 15 is 0 Å². The maximum Gasteiger partial charge on any atom is 0.424 e. The molecule has 2 atom stereocenters. The van der Waals surface area contributed by atoms with Gasteiger partial charge < -0.3 is 9.67 Å². The molecule has 2 aromatic heterocycles. The largest absolute Gasteiger partial charge is 0.424 e. The molecule has 3 rings (SSSR count). The highest BCUT2D eigenvalue weighted by molar-refractivity contribution is 5.57. The fourth-order valence-electron chi connectivity index (χ4n) is 2.56. The van der Waals surface area contributed by atoms with Crippen LogP contribution in [-0.4, -0.2) is 30.6 Å². The molecular weight excluding hydrogens is 292 g/mol. The van der Waals surface area contributed by atoms with Crippen molar-refractivity contribution in [2.75, 3.05) is 0 Å². The summed E-state index contributed by atoms with van der Waals surface area (Å²) < 4.78 is 55.4. The van der Waals surface area contributed by atoms with E-state index in [2.05, 4.69) is 10.1 Å². The van der Waals surface area contributed by atoms with Gasteiger partial charge in [-0.25, -0.2) is 9.37 Å². The lowest BCUT2D eigenvalue weighted by molar-refractivity contribution is -0.262. The van der Waals surface area contributed by atoms with Gasteiger partial charge in [0.1, 0.15) is 5.69 Å². The molecule has 9 heteroatoms. The first-order valence-electron chi connectivity index (χ1n) is 6.23. The zero-order valence-electron chi connectivity index (χ0n) is 11.2. The number of alkyl halides is 3. The Labute approximate surface area is 116 Å². The topological polar surface area (TPSA) is 55.9 Å². The number of fused-ring (bicyclic) bond motifs is 3. The van der Waals surface area contributed by atoms with E-state index in [1.165, 1.54) is 9.25 Å². The molecule has 0 fully saturated rings. The van der Waals surface area contributed by atoms with Gasteiger partial charge in [0.05, 0.1) is 30.7 Å². The molecule has 0 radical (unpaired) electrons. The quantitative estimate of drug-likeness (QED) is 0.822. The summed E-state index contributed by atoms with van der Waals surface area (Å²) in [7, 11) is 0. The van der Waals surface area contributed by atoms with Gasteiger partial charge in [-0.05, 0) is 13.8 Å². The van der Waals surface area contributed by atoms with Crippen LogP contribution in [0, 0.1) is 5.82 Å². The predicted octanol–water partition coefficient (Wildman–Crippen LogP) is 2.23. The highest BCUT2D eigenvalue weighted by Crippen LogP contribution is 2.42. The molecule has 0 aliphatic carbocycles. The van der Waals surface area contributed by atoms with Crippen molar-refractivity contribution >= 4 is 0 Å². The molecule has 0 bridgehead atoms. The van der Waals surface area contributed by atoms with E-state index in [1.54, 1.807) is 6.92 Å². The van der Waals surface area contributed by atoms with Crippen LogP contribution in [-0.2, 0) is 12.1 Å². The van der Waals surface area contributed by atoms with Crippen LogP contribution in [0.1, 0.15) is 25.7 Å². The van der Waals surface area contributed by atoms with Crippen LogP contribution in [0.2, 0.25) is 0 Å². The zero-order valence-corrected chi connectivity index (χ0v) is 11.2. The van der Waals surface area contributed by atoms with Gasteiger partial charge in [-0.2, -0.15) is 18.3 Å². The smallest absolute Gasteiger partial charge is 0.374 e. The zero-order chi connectivity index (χ0) is 15.6. The van der Waals surface area contributed by atoms with Gasteiger partial charge in [-0.15, -0.1) is 0 Å². The lowest BCUT2D eigenvalue weighted by Gasteiger charge is -2.31. The number of aromatic nitrogens is 4. The van der Waals surface area contributed by atoms with E-state index in [-0.39, 0.29) is 17.9 Å². The molecule has 0 unspecified atom stereocenters. The number of nitrogens with zero attached hydrogens (tertiary/aromatic N) is 4. The Morgan fingerprint density at radius 1 is 1.33 bits per heavy atom. The number of halogens is 4. The molecule has 0 aromatic carbocycles. The first-order valence-corrected chi connectivity index (χ1v) is 6.23. The number of aliphatic hydroxyl groups is 1. The second-order valence-corrected chi connectivity index (χ2v) is 5.28. The summed E-state index contributed by atoms with van der Waals surface area (Å²) in [5.74, 6) is -1.19. The maximum absolute atomic E-state index is 13.8. The van der Waals surface area contributed by atoms with Crippen molar-refractivity contribution in [1.82, 2.24) is 19.3 Å². The molecular formula is C12H12F4N4O. The van der Waals surface area contributed by atoms with Crippen molar-refractivity contribution in [3.8, 4) is 11.4 Å². The van der Waals surface area contributed by atoms with Crippen LogP contribution in [0.4, 0.5) is 17.6 Å². The van der Waals surface area contributed by atoms with Gasteiger partial charge in [0.15, 0.2) is 11.6 Å². The molecule has 2 aromatic rings. The molecule has 0 amide bonds. The Hall–Kier alpha value is -1.90. The Morgan fingerprint density at radius 2 is 2.00 bits per heavy atom. The van der Waals surface area contributed by atoms with Crippen LogP contribution in [0.3, 0.4) is 0 Å². The SMILES string of the molecule is C[C@H]1Cn2ncc(F)c2-c2cnc([C@@](C)(O)C(F)(F)F)n21. The summed E-state index contributed by atoms with van der Waals surface area (Å²) in [4.78, 5) is 3.69. The van der Waals surface area contributed by atoms with Crippen molar-refractivity contribution in [3.05, 3.63) is 24.0 Å². The third-order valence-corrected chi connectivity index (χ3v) is 3.70. The van der Waals surface area contributed by atoms with Gasteiger partial charge in [0.2, 0.25) is 5.60 Å². The van der Waals surface area contributed by atoms with Gasteiger partial charge in [-0.3, -0.25) is 4.68 Å². The van der Waals surface area contributed by atoms with Crippen molar-refractivity contribution < 1.29 is 22.7 Å². The van der Waals surface area contributed by atoms with Crippen molar-refractivity contribution in [3.63, 3.8) is 0 Å². The summed E-state index contributed by atoms with van der Waals surface area (Å²) in [5, 5.41) is 13.7. The number of hydrogen-bond donors (Lipinski definition) is 1. The average molecular weight is 304 g/mol. The van der Waals surface area contributed by atoms with Crippen molar-refractivity contribution in [1.29, 1.82) is 0 Å². The summed E-state index contributed by atoms with van der Waals surface area (Å²) in [6.45, 7) is 2.49. The van der Waals surface area contributed by atoms with E-state index in [0.717, 1.165) is 12.4 Å². The second kappa shape index (κ2) is 4.06. The molecule has 5 nitrogen and oxygen atoms in total. The van der Waals surface area contributed by atoms with Gasteiger partial charge in [0.25, 0.3) is 0 Å². The Bertz CT molecular complexity index is 701. The van der Waals surface area contributed by atoms with Crippen molar-refractivity contribution in [2.24, 2.45) is 0 Å². The predicted molar refractivity (Wildman–Crippen MR) is 63.7 cm³/mol. The summed E-state index contributed by atoms with van der Waals surface area (Å²) in [5.41, 5.74) is -2.87. The monoisotopic (exact) mass is 304 g/mol. The second-order valence-electron chi connectivity index (χ2n) is 5.28. The molecule has 0 spiro atoms. The minimum atomic E-state index is -4.88. The number of imidazole rings is 1. The van der Waals surface area contributed by atoms with Crippen molar-refractivity contribution in [2.45, 2.75) is 38.2 Å². The molecule has 1 aliphatic heterocycles. The van der Waals surface area contributed by atoms with Crippen LogP contribution < -0.4 is 0 Å². The normalized spacial score (nSPS) is 20.8. The molecule has 1 aliphatic rings. The summed E-state index contributed by atoms with van der Waals surface area (Å²) in [6.07, 6.45) is -2.75. The van der Waals surface area contributed by atoms with Gasteiger partial charge >= 0.3 is 6.18 Å². The van der Waals surface area contributed by atoms with Gasteiger partial charge in [0, 0.05) is 0 Å². The Kier molecular flexibility index (Phi) is 2.72. The third kappa shape index (κ3) is 1.80. The van der Waals surface area contributed by atoms with E-state index in [0.29, 0.717) is 6.92 Å². The lowest BCUT2D eigenvalue weighted by Crippen LogP contribution is -2.42. The van der Waals surface area contributed by atoms with E-state index < -0.39 is 29.5 Å². The fourth-order valence-corrected chi connectivity index (χ4v) is 2.56. The first kappa shape index (κ1) is 14.1. The third-order valence-electron chi connectivity index (χ3n) is 3.70. The Balaban J connectivity index is 2.23. The minimum absolute atomic E-state index is 0.0739. The highest BCUT2D eigenvalue weighted by atomic mass is 19.4. The van der Waals surface area contributed by atoms with Crippen LogP contribution in [0.5, 0.6) is 0 Å². The standard InChI is InChI=1S/C12H12F4N4O/c1-6-5-19-9(7(13)3-18-19)8-4-17-10(20(6)8)11(2,21)12(14,15)16/h3-4,6,21H,5H2,1-2H3/t6-,11+/m0/s1. The first-order chi connectivity index (χ1) is 9.64. The average Bonchev–Trinajstić information content (AvgIpc) is 2.92. The Morgan fingerprint density at radius 3 is 2.62 bits per heavy atom. The fraction of sp³-hybridized carbons (Fsp3) is 0.500. The molecule has 0 saturated heterocycles. The van der Waals surface area contributed by atoms with E-state index in [9.17, 15) is 22.7 Å². The highest BCUT2D eigenvalue weighted by Gasteiger charge is 2.55. The molecule has 114 valence electrons. The molecule has 3 heterocycles. The van der Waals surface area contributed by atoms with Crippen LogP contribution >= 0.6 is 0 Å². The molecule has 0 saturated carbocycles. The van der Waals surface area contributed by atoms with E-state index in [4.69, 9.17) is 0 Å². The lowest BCUT2D eigenvalue weighted by atomic mass is 10.0. The number of rotatable bonds is 1.